The van der Waals surface area contributed by atoms with Gasteiger partial charge in [-0.25, -0.2) is 0 Å². The lowest BCUT2D eigenvalue weighted by Gasteiger charge is -2.42. The van der Waals surface area contributed by atoms with E-state index in [1.54, 1.807) is 0 Å². The normalized spacial score (nSPS) is 22.4. The van der Waals surface area contributed by atoms with Crippen LogP contribution < -0.4 is 14.5 Å². The summed E-state index contributed by atoms with van der Waals surface area (Å²) < 4.78 is 6.36. The first-order chi connectivity index (χ1) is 20.5. The Morgan fingerprint density at radius 2 is 1.93 bits per heavy atom. The van der Waals surface area contributed by atoms with Crippen molar-refractivity contribution in [2.45, 2.75) is 51.2 Å². The van der Waals surface area contributed by atoms with E-state index in [4.69, 9.17) is 26.3 Å². The second-order valence-corrected chi connectivity index (χ2v) is 12.3. The topological polar surface area (TPSA) is 71.8 Å². The van der Waals surface area contributed by atoms with Crippen molar-refractivity contribution in [3.63, 3.8) is 0 Å². The Kier molecular flexibility index (Phi) is 8.41. The van der Waals surface area contributed by atoms with Gasteiger partial charge in [-0.1, -0.05) is 41.9 Å². The van der Waals surface area contributed by atoms with Crippen molar-refractivity contribution >= 4 is 33.9 Å². The van der Waals surface area contributed by atoms with Gasteiger partial charge in [0.1, 0.15) is 5.82 Å². The fourth-order valence-corrected chi connectivity index (χ4v) is 7.08. The largest absolute Gasteiger partial charge is 0.463 e. The molecule has 2 aliphatic heterocycles. The monoisotopic (exact) mass is 585 g/mol. The summed E-state index contributed by atoms with van der Waals surface area (Å²) in [6, 6.07) is 16.0. The van der Waals surface area contributed by atoms with E-state index in [9.17, 15) is 5.26 Å². The number of benzene rings is 2. The molecule has 42 heavy (non-hydrogen) atoms. The van der Waals surface area contributed by atoms with Gasteiger partial charge in [0.25, 0.3) is 0 Å². The number of allylic oxidation sites excluding steroid dienone is 1. The molecule has 1 saturated heterocycles. The first-order valence-electron chi connectivity index (χ1n) is 15.1. The lowest BCUT2D eigenvalue weighted by Crippen LogP contribution is -2.51. The molecular formula is C33H40ClN7O. The van der Waals surface area contributed by atoms with Crippen molar-refractivity contribution in [2.24, 2.45) is 5.92 Å². The van der Waals surface area contributed by atoms with Crippen LogP contribution in [0.3, 0.4) is 0 Å². The third-order valence-electron chi connectivity index (χ3n) is 9.16. The van der Waals surface area contributed by atoms with Gasteiger partial charge in [-0.2, -0.15) is 15.2 Å². The highest BCUT2D eigenvalue weighted by Crippen LogP contribution is 2.38. The van der Waals surface area contributed by atoms with Crippen molar-refractivity contribution in [2.75, 3.05) is 56.7 Å². The molecule has 9 heteroatoms. The molecule has 1 saturated carbocycles. The van der Waals surface area contributed by atoms with E-state index in [0.29, 0.717) is 37.5 Å². The molecule has 3 atom stereocenters. The summed E-state index contributed by atoms with van der Waals surface area (Å²) in [5.74, 6) is 1.45. The van der Waals surface area contributed by atoms with Gasteiger partial charge >= 0.3 is 6.01 Å². The second kappa shape index (κ2) is 12.4. The van der Waals surface area contributed by atoms with Crippen LogP contribution in [0.15, 0.2) is 48.7 Å². The Labute approximate surface area is 254 Å². The van der Waals surface area contributed by atoms with E-state index in [-0.39, 0.29) is 6.04 Å². The predicted octanol–water partition coefficient (Wildman–Crippen LogP) is 5.50. The molecule has 220 valence electrons. The smallest absolute Gasteiger partial charge is 0.318 e. The molecule has 0 spiro atoms. The summed E-state index contributed by atoms with van der Waals surface area (Å²) in [7, 11) is 4.28. The molecule has 2 fully saturated rings. The van der Waals surface area contributed by atoms with E-state index < -0.39 is 0 Å². The van der Waals surface area contributed by atoms with Gasteiger partial charge in [0, 0.05) is 54.8 Å². The number of nitriles is 1. The van der Waals surface area contributed by atoms with Crippen LogP contribution in [0.25, 0.3) is 10.8 Å². The average Bonchev–Trinajstić information content (AvgIpc) is 2.96. The Balaban J connectivity index is 1.33. The summed E-state index contributed by atoms with van der Waals surface area (Å²) in [6.07, 6.45) is 7.83. The van der Waals surface area contributed by atoms with Gasteiger partial charge in [-0.05, 0) is 64.0 Å². The van der Waals surface area contributed by atoms with E-state index >= 15 is 0 Å². The fraction of sp³-hybridized carbons (Fsp3) is 0.485. The number of halogens is 1. The Morgan fingerprint density at radius 1 is 1.10 bits per heavy atom. The van der Waals surface area contributed by atoms with Crippen molar-refractivity contribution in [3.8, 4) is 12.1 Å². The van der Waals surface area contributed by atoms with Crippen molar-refractivity contribution in [1.82, 2.24) is 19.8 Å². The number of ether oxygens (including phenoxy) is 1. The highest BCUT2D eigenvalue weighted by atomic mass is 35.5. The minimum Gasteiger partial charge on any atom is -0.463 e. The Hall–Kier alpha value is -3.54. The Morgan fingerprint density at radius 3 is 2.67 bits per heavy atom. The van der Waals surface area contributed by atoms with Crippen molar-refractivity contribution < 1.29 is 4.74 Å². The third-order valence-corrected chi connectivity index (χ3v) is 9.47. The number of piperazine rings is 1. The van der Waals surface area contributed by atoms with Crippen LogP contribution in [0, 0.1) is 17.2 Å². The van der Waals surface area contributed by atoms with E-state index in [1.165, 1.54) is 18.4 Å². The van der Waals surface area contributed by atoms with Crippen molar-refractivity contribution in [1.29, 1.82) is 5.26 Å². The van der Waals surface area contributed by atoms with Gasteiger partial charge in [-0.3, -0.25) is 0 Å². The number of fused-ring (bicyclic) bond motifs is 2. The number of rotatable bonds is 8. The molecule has 3 aliphatic rings. The van der Waals surface area contributed by atoms with E-state index in [2.05, 4.69) is 70.2 Å². The second-order valence-electron chi connectivity index (χ2n) is 11.9. The van der Waals surface area contributed by atoms with Gasteiger partial charge in [0.05, 0.1) is 42.4 Å². The molecule has 0 N–H and O–H groups in total. The zero-order valence-electron chi connectivity index (χ0n) is 24.8. The van der Waals surface area contributed by atoms with Crippen molar-refractivity contribution in [3.05, 3.63) is 65.0 Å². The van der Waals surface area contributed by atoms with Gasteiger partial charge in [0.2, 0.25) is 0 Å². The van der Waals surface area contributed by atoms with Crippen LogP contribution in [0.2, 0.25) is 5.02 Å². The van der Waals surface area contributed by atoms with Crippen LogP contribution in [-0.4, -0.2) is 78.7 Å². The molecule has 2 aromatic carbocycles. The molecule has 6 rings (SSSR count). The summed E-state index contributed by atoms with van der Waals surface area (Å²) >= 11 is 6.72. The molecular weight excluding hydrogens is 546 g/mol. The Bertz CT molecular complexity index is 1500. The maximum absolute atomic E-state index is 9.56. The fourth-order valence-electron chi connectivity index (χ4n) is 6.80. The average molecular weight is 586 g/mol. The number of hydrogen-bond acceptors (Lipinski definition) is 8. The number of anilines is 2. The molecule has 0 radical (unpaired) electrons. The predicted molar refractivity (Wildman–Crippen MR) is 169 cm³/mol. The van der Waals surface area contributed by atoms with Crippen LogP contribution >= 0.6 is 11.6 Å². The summed E-state index contributed by atoms with van der Waals surface area (Å²) in [5.41, 5.74) is 3.33. The van der Waals surface area contributed by atoms with Crippen LogP contribution in [0.1, 0.15) is 37.4 Å². The van der Waals surface area contributed by atoms with Crippen LogP contribution in [-0.2, 0) is 13.0 Å². The molecule has 1 aliphatic carbocycles. The number of hydrogen-bond donors (Lipinski definition) is 0. The van der Waals surface area contributed by atoms with Gasteiger partial charge in [-0.15, -0.1) is 0 Å². The standard InChI is InChI=1S/C33H40ClN7O/c1-4-16-39-18-19-41(20-25(39)13-15-35)32-26-14-17-40(30-10-6-8-23-7-5-9-27(34)31(23)30)21-28(26)36-33(37-32)42-22-24-11-12-29(24)38(2)3/h4-10,16,24-25,29H,11-14,17-22H2,1-3H3/t24-,25-,29-/m0/s1. The van der Waals surface area contributed by atoms with Crippen LogP contribution in [0.4, 0.5) is 11.5 Å². The van der Waals surface area contributed by atoms with Crippen LogP contribution in [0.5, 0.6) is 6.01 Å². The summed E-state index contributed by atoms with van der Waals surface area (Å²) in [6.45, 7) is 6.58. The van der Waals surface area contributed by atoms with E-state index in [1.807, 2.05) is 25.1 Å². The van der Waals surface area contributed by atoms with Gasteiger partial charge in [0.15, 0.2) is 0 Å². The first kappa shape index (κ1) is 28.6. The zero-order chi connectivity index (χ0) is 29.2. The van der Waals surface area contributed by atoms with E-state index in [0.717, 1.165) is 65.6 Å². The molecule has 1 aromatic heterocycles. The minimum absolute atomic E-state index is 0.115. The molecule has 0 amide bonds. The third kappa shape index (κ3) is 5.60. The molecule has 3 aromatic rings. The highest BCUT2D eigenvalue weighted by Gasteiger charge is 2.34. The highest BCUT2D eigenvalue weighted by molar-refractivity contribution is 6.36. The zero-order valence-corrected chi connectivity index (χ0v) is 25.6. The van der Waals surface area contributed by atoms with Gasteiger partial charge < -0.3 is 24.3 Å². The quantitative estimate of drug-likeness (QED) is 0.343. The first-order valence-corrected chi connectivity index (χ1v) is 15.5. The minimum atomic E-state index is 0.115. The maximum atomic E-state index is 9.56. The maximum Gasteiger partial charge on any atom is 0.318 e. The number of nitrogens with zero attached hydrogens (tertiary/aromatic N) is 7. The molecule has 0 unspecified atom stereocenters. The molecule has 8 nitrogen and oxygen atoms in total. The lowest BCUT2D eigenvalue weighted by atomic mass is 9.79. The molecule has 0 bridgehead atoms. The number of aromatic nitrogens is 2. The SMILES string of the molecule is CC=CN1CCN(c2nc(OC[C@@H]3CC[C@@H]3N(C)C)nc3c2CCN(c2cccc4cccc(Cl)c24)C3)C[C@@H]1CC#N. The summed E-state index contributed by atoms with van der Waals surface area (Å²) in [5, 5.41) is 12.5. The lowest BCUT2D eigenvalue weighted by molar-refractivity contribution is 0.0610. The summed E-state index contributed by atoms with van der Waals surface area (Å²) in [4.78, 5) is 19.4. The molecule has 3 heterocycles.